The van der Waals surface area contributed by atoms with Gasteiger partial charge in [-0.3, -0.25) is 0 Å². The van der Waals surface area contributed by atoms with Crippen LogP contribution in [-0.4, -0.2) is 34.0 Å². The highest BCUT2D eigenvalue weighted by molar-refractivity contribution is 7.16. The Morgan fingerprint density at radius 2 is 1.69 bits per heavy atom. The van der Waals surface area contributed by atoms with E-state index < -0.39 is 11.7 Å². The van der Waals surface area contributed by atoms with Gasteiger partial charge in [0.25, 0.3) is 0 Å². The number of ether oxygens (including phenoxy) is 2. The summed E-state index contributed by atoms with van der Waals surface area (Å²) < 4.78 is 50.4. The van der Waals surface area contributed by atoms with Crippen LogP contribution in [0.5, 0.6) is 11.5 Å². The lowest BCUT2D eigenvalue weighted by Gasteiger charge is -2.08. The molecule has 0 aliphatic rings. The van der Waals surface area contributed by atoms with Crippen LogP contribution in [0.2, 0.25) is 0 Å². The highest BCUT2D eigenvalue weighted by Gasteiger charge is 2.30. The molecule has 0 unspecified atom stereocenters. The first-order chi connectivity index (χ1) is 13.9. The number of hydrogen-bond acceptors (Lipinski definition) is 6. The Labute approximate surface area is 167 Å². The summed E-state index contributed by atoms with van der Waals surface area (Å²) in [5, 5.41) is 13.5. The van der Waals surface area contributed by atoms with E-state index in [0.29, 0.717) is 34.3 Å². The molecule has 4 rings (SSSR count). The maximum atomic E-state index is 12.8. The molecule has 0 bridgehead atoms. The van der Waals surface area contributed by atoms with Gasteiger partial charge in [0, 0.05) is 12.0 Å². The van der Waals surface area contributed by atoms with E-state index in [4.69, 9.17) is 9.47 Å². The smallest absolute Gasteiger partial charge is 0.416 e. The number of fused-ring (bicyclic) bond motifs is 1. The molecule has 0 aliphatic heterocycles. The fraction of sp³-hybridized carbons (Fsp3) is 0.211. The molecule has 0 saturated carbocycles. The van der Waals surface area contributed by atoms with E-state index in [9.17, 15) is 13.2 Å². The number of nitrogens with zero attached hydrogens (tertiary/aromatic N) is 4. The van der Waals surface area contributed by atoms with Crippen LogP contribution in [-0.2, 0) is 12.6 Å². The van der Waals surface area contributed by atoms with Gasteiger partial charge in [0.15, 0.2) is 17.3 Å². The number of methoxy groups -OCH3 is 2. The topological polar surface area (TPSA) is 61.5 Å². The fourth-order valence-corrected chi connectivity index (χ4v) is 3.75. The third kappa shape index (κ3) is 3.75. The van der Waals surface area contributed by atoms with E-state index in [1.54, 1.807) is 18.7 Å². The predicted molar refractivity (Wildman–Crippen MR) is 101 cm³/mol. The van der Waals surface area contributed by atoms with E-state index in [2.05, 4.69) is 15.3 Å². The number of halogens is 3. The zero-order chi connectivity index (χ0) is 20.6. The number of rotatable bonds is 5. The van der Waals surface area contributed by atoms with Crippen LogP contribution in [0.15, 0.2) is 42.5 Å². The number of aromatic nitrogens is 4. The molecule has 2 aromatic carbocycles. The molecule has 0 atom stereocenters. The first-order valence-corrected chi connectivity index (χ1v) is 9.30. The lowest BCUT2D eigenvalue weighted by molar-refractivity contribution is -0.137. The van der Waals surface area contributed by atoms with Crippen LogP contribution in [0.1, 0.15) is 16.1 Å². The monoisotopic (exact) mass is 420 g/mol. The van der Waals surface area contributed by atoms with Gasteiger partial charge in [0.2, 0.25) is 4.96 Å². The quantitative estimate of drug-likeness (QED) is 0.476. The molecule has 10 heteroatoms. The molecule has 2 aromatic heterocycles. The minimum atomic E-state index is -4.38. The standard InChI is InChI=1S/C19H15F3N4O2S/c1-27-14-8-3-11(9-15(14)28-2)10-16-25-26-17(23-24-18(26)29-16)12-4-6-13(7-5-12)19(20,21)22/h3-9H,10H2,1-2H3. The number of benzene rings is 2. The Morgan fingerprint density at radius 1 is 0.966 bits per heavy atom. The summed E-state index contributed by atoms with van der Waals surface area (Å²) in [5.74, 6) is 1.65. The second kappa shape index (κ2) is 7.36. The average Bonchev–Trinajstić information content (AvgIpc) is 3.27. The average molecular weight is 420 g/mol. The summed E-state index contributed by atoms with van der Waals surface area (Å²) in [5.41, 5.74) is 0.770. The highest BCUT2D eigenvalue weighted by atomic mass is 32.1. The number of hydrogen-bond donors (Lipinski definition) is 0. The van der Waals surface area contributed by atoms with Gasteiger partial charge < -0.3 is 9.47 Å². The molecule has 0 fully saturated rings. The van der Waals surface area contributed by atoms with E-state index in [0.717, 1.165) is 22.7 Å². The molecule has 6 nitrogen and oxygen atoms in total. The first kappa shape index (κ1) is 19.2. The van der Waals surface area contributed by atoms with Crippen LogP contribution in [0.25, 0.3) is 16.3 Å². The van der Waals surface area contributed by atoms with Crippen molar-refractivity contribution < 1.29 is 22.6 Å². The Bertz CT molecular complexity index is 1150. The van der Waals surface area contributed by atoms with Gasteiger partial charge in [0.05, 0.1) is 19.8 Å². The maximum absolute atomic E-state index is 12.8. The van der Waals surface area contributed by atoms with E-state index in [1.807, 2.05) is 18.2 Å². The second-order valence-electron chi connectivity index (χ2n) is 6.16. The fourth-order valence-electron chi connectivity index (χ4n) is 2.88. The van der Waals surface area contributed by atoms with Crippen molar-refractivity contribution in [3.8, 4) is 22.9 Å². The van der Waals surface area contributed by atoms with Crippen LogP contribution >= 0.6 is 11.3 Å². The van der Waals surface area contributed by atoms with Gasteiger partial charge in [-0.1, -0.05) is 29.5 Å². The summed E-state index contributed by atoms with van der Waals surface area (Å²) in [7, 11) is 3.14. The molecule has 0 spiro atoms. The lowest BCUT2D eigenvalue weighted by Crippen LogP contribution is -2.04. The summed E-state index contributed by atoms with van der Waals surface area (Å²) >= 11 is 1.36. The lowest BCUT2D eigenvalue weighted by atomic mass is 10.1. The van der Waals surface area contributed by atoms with Crippen LogP contribution in [0, 0.1) is 0 Å². The highest BCUT2D eigenvalue weighted by Crippen LogP contribution is 2.32. The molecule has 0 amide bonds. The van der Waals surface area contributed by atoms with Crippen LogP contribution < -0.4 is 9.47 Å². The minimum absolute atomic E-state index is 0.392. The van der Waals surface area contributed by atoms with Gasteiger partial charge in [-0.25, -0.2) is 0 Å². The van der Waals surface area contributed by atoms with Crippen molar-refractivity contribution >= 4 is 16.3 Å². The van der Waals surface area contributed by atoms with Crippen molar-refractivity contribution in [1.82, 2.24) is 19.8 Å². The Balaban J connectivity index is 1.62. The van der Waals surface area contributed by atoms with Crippen molar-refractivity contribution in [3.05, 3.63) is 58.6 Å². The predicted octanol–water partition coefficient (Wildman–Crippen LogP) is 4.48. The zero-order valence-electron chi connectivity index (χ0n) is 15.4. The molecular formula is C19H15F3N4O2S. The normalized spacial score (nSPS) is 11.8. The van der Waals surface area contributed by atoms with Crippen molar-refractivity contribution in [2.45, 2.75) is 12.6 Å². The van der Waals surface area contributed by atoms with Crippen LogP contribution in [0.3, 0.4) is 0 Å². The summed E-state index contributed by atoms with van der Waals surface area (Å²) in [6.45, 7) is 0. The third-order valence-electron chi connectivity index (χ3n) is 4.31. The molecule has 0 radical (unpaired) electrons. The van der Waals surface area contributed by atoms with E-state index in [-0.39, 0.29) is 0 Å². The maximum Gasteiger partial charge on any atom is 0.416 e. The molecule has 0 aliphatic carbocycles. The van der Waals surface area contributed by atoms with Gasteiger partial charge >= 0.3 is 6.18 Å². The summed E-state index contributed by atoms with van der Waals surface area (Å²) in [6.07, 6.45) is -3.84. The third-order valence-corrected chi connectivity index (χ3v) is 5.21. The number of alkyl halides is 3. The van der Waals surface area contributed by atoms with Crippen molar-refractivity contribution in [2.24, 2.45) is 0 Å². The Hall–Kier alpha value is -3.14. The summed E-state index contributed by atoms with van der Waals surface area (Å²) in [6, 6.07) is 10.4. The van der Waals surface area contributed by atoms with Gasteiger partial charge in [-0.15, -0.1) is 10.2 Å². The van der Waals surface area contributed by atoms with Crippen molar-refractivity contribution in [3.63, 3.8) is 0 Å². The molecule has 4 aromatic rings. The minimum Gasteiger partial charge on any atom is -0.493 e. The van der Waals surface area contributed by atoms with Gasteiger partial charge in [-0.2, -0.15) is 22.8 Å². The van der Waals surface area contributed by atoms with Crippen molar-refractivity contribution in [2.75, 3.05) is 14.2 Å². The molecule has 0 saturated heterocycles. The van der Waals surface area contributed by atoms with Gasteiger partial charge in [0.1, 0.15) is 5.01 Å². The Kier molecular flexibility index (Phi) is 4.87. The summed E-state index contributed by atoms with van der Waals surface area (Å²) in [4.78, 5) is 0.565. The first-order valence-electron chi connectivity index (χ1n) is 8.48. The largest absolute Gasteiger partial charge is 0.493 e. The molecule has 2 heterocycles. The second-order valence-corrected chi connectivity index (χ2v) is 7.20. The zero-order valence-corrected chi connectivity index (χ0v) is 16.2. The van der Waals surface area contributed by atoms with E-state index in [1.165, 1.54) is 23.5 Å². The SMILES string of the molecule is COc1ccc(Cc2nn3c(-c4ccc(C(F)(F)F)cc4)nnc3s2)cc1OC. The molecular weight excluding hydrogens is 405 g/mol. The van der Waals surface area contributed by atoms with Crippen molar-refractivity contribution in [1.29, 1.82) is 0 Å². The molecule has 29 heavy (non-hydrogen) atoms. The molecule has 150 valence electrons. The van der Waals surface area contributed by atoms with Gasteiger partial charge in [-0.05, 0) is 29.8 Å². The molecule has 0 N–H and O–H groups in total. The Morgan fingerprint density at radius 3 is 2.34 bits per heavy atom. The van der Waals surface area contributed by atoms with Crippen LogP contribution in [0.4, 0.5) is 13.2 Å². The van der Waals surface area contributed by atoms with E-state index >= 15 is 0 Å².